The molecule has 92 valence electrons. The summed E-state index contributed by atoms with van der Waals surface area (Å²) in [6.07, 6.45) is 15.9. The summed E-state index contributed by atoms with van der Waals surface area (Å²) in [4.78, 5) is 10.2. The predicted octanol–water partition coefficient (Wildman–Crippen LogP) is 4.04. The summed E-state index contributed by atoms with van der Waals surface area (Å²) < 4.78 is 0. The lowest BCUT2D eigenvalue weighted by molar-refractivity contribution is -0.287. The molecule has 0 bridgehead atoms. The average Bonchev–Trinajstić information content (AvgIpc) is 2.29. The van der Waals surface area contributed by atoms with Gasteiger partial charge in [-0.25, -0.2) is 9.78 Å². The number of rotatable bonds is 0. The number of allylic oxidation sites excluding steroid dienone is 3. The van der Waals surface area contributed by atoms with Gasteiger partial charge in [0.15, 0.2) is 0 Å². The van der Waals surface area contributed by atoms with Crippen molar-refractivity contribution in [2.24, 2.45) is 5.92 Å². The Labute approximate surface area is 99.3 Å². The molecule has 0 unspecified atom stereocenters. The Kier molecular flexibility index (Phi) is 8.09. The van der Waals surface area contributed by atoms with Gasteiger partial charge in [0.05, 0.1) is 6.61 Å². The van der Waals surface area contributed by atoms with E-state index in [1.54, 1.807) is 0 Å². The maximum absolute atomic E-state index is 5.11. The Morgan fingerprint density at radius 3 is 2.50 bits per heavy atom. The molecular formula is C14H24O2. The molecule has 0 saturated carbocycles. The van der Waals surface area contributed by atoms with Crippen molar-refractivity contribution in [3.8, 4) is 0 Å². The fraction of sp³-hybridized carbons (Fsp3) is 0.714. The molecule has 1 heterocycles. The van der Waals surface area contributed by atoms with Gasteiger partial charge in [-0.3, -0.25) is 0 Å². The minimum atomic E-state index is 0.574. The van der Waals surface area contributed by atoms with Crippen LogP contribution in [0.3, 0.4) is 0 Å². The van der Waals surface area contributed by atoms with Gasteiger partial charge in [0, 0.05) is 0 Å². The molecule has 0 amide bonds. The van der Waals surface area contributed by atoms with Crippen LogP contribution < -0.4 is 0 Å². The van der Waals surface area contributed by atoms with Crippen molar-refractivity contribution in [2.45, 2.75) is 45.4 Å². The third kappa shape index (κ3) is 7.66. The maximum atomic E-state index is 5.11. The average molecular weight is 224 g/mol. The predicted molar refractivity (Wildman–Crippen MR) is 67.1 cm³/mol. The van der Waals surface area contributed by atoms with Crippen LogP contribution in [0.4, 0.5) is 0 Å². The molecule has 2 nitrogen and oxygen atoms in total. The van der Waals surface area contributed by atoms with Crippen LogP contribution in [0.5, 0.6) is 0 Å². The molecule has 0 aromatic carbocycles. The minimum Gasteiger partial charge on any atom is -0.236 e. The highest BCUT2D eigenvalue weighted by Crippen LogP contribution is 2.11. The van der Waals surface area contributed by atoms with Gasteiger partial charge in [0.25, 0.3) is 0 Å². The zero-order valence-corrected chi connectivity index (χ0v) is 10.4. The molecule has 1 aliphatic heterocycles. The van der Waals surface area contributed by atoms with Gasteiger partial charge in [0.2, 0.25) is 0 Å². The van der Waals surface area contributed by atoms with E-state index in [-0.39, 0.29) is 0 Å². The second-order valence-electron chi connectivity index (χ2n) is 4.45. The second-order valence-corrected chi connectivity index (χ2v) is 4.45. The Hall–Kier alpha value is -0.600. The van der Waals surface area contributed by atoms with Crippen molar-refractivity contribution in [3.05, 3.63) is 24.3 Å². The summed E-state index contributed by atoms with van der Waals surface area (Å²) in [6.45, 7) is 3.55. The molecule has 0 radical (unpaired) electrons. The molecule has 0 spiro atoms. The highest BCUT2D eigenvalue weighted by Gasteiger charge is 2.01. The first-order valence-corrected chi connectivity index (χ1v) is 6.44. The monoisotopic (exact) mass is 224 g/mol. The molecule has 0 fully saturated rings. The first-order valence-electron chi connectivity index (χ1n) is 6.44. The summed E-state index contributed by atoms with van der Waals surface area (Å²) in [7, 11) is 0. The maximum Gasteiger partial charge on any atom is 0.100 e. The molecule has 1 atom stereocenters. The highest BCUT2D eigenvalue weighted by atomic mass is 17.2. The van der Waals surface area contributed by atoms with E-state index < -0.39 is 0 Å². The van der Waals surface area contributed by atoms with E-state index >= 15 is 0 Å². The minimum absolute atomic E-state index is 0.574. The van der Waals surface area contributed by atoms with Crippen LogP contribution in [0.25, 0.3) is 0 Å². The Morgan fingerprint density at radius 2 is 1.62 bits per heavy atom. The number of hydrogen-bond donors (Lipinski definition) is 0. The molecule has 1 aliphatic rings. The van der Waals surface area contributed by atoms with Crippen LogP contribution in [0.1, 0.15) is 45.4 Å². The summed E-state index contributed by atoms with van der Waals surface area (Å²) in [5, 5.41) is 0. The van der Waals surface area contributed by atoms with Crippen molar-refractivity contribution in [2.75, 3.05) is 13.2 Å². The first-order chi connectivity index (χ1) is 7.89. The smallest absolute Gasteiger partial charge is 0.100 e. The van der Waals surface area contributed by atoms with Crippen molar-refractivity contribution in [1.82, 2.24) is 0 Å². The lowest BCUT2D eigenvalue weighted by Crippen LogP contribution is -2.02. The van der Waals surface area contributed by atoms with Crippen molar-refractivity contribution in [1.29, 1.82) is 0 Å². The van der Waals surface area contributed by atoms with E-state index in [1.807, 2.05) is 6.08 Å². The molecule has 0 N–H and O–H groups in total. The first kappa shape index (κ1) is 13.5. The second kappa shape index (κ2) is 9.61. The van der Waals surface area contributed by atoms with Crippen molar-refractivity contribution in [3.63, 3.8) is 0 Å². The molecule has 0 aromatic rings. The van der Waals surface area contributed by atoms with Crippen molar-refractivity contribution < 1.29 is 9.78 Å². The van der Waals surface area contributed by atoms with Crippen LogP contribution in [-0.2, 0) is 9.78 Å². The molecule has 1 rings (SSSR count). The third-order valence-corrected chi connectivity index (χ3v) is 2.84. The van der Waals surface area contributed by atoms with E-state index in [1.165, 1.54) is 25.7 Å². The van der Waals surface area contributed by atoms with Gasteiger partial charge >= 0.3 is 0 Å². The van der Waals surface area contributed by atoms with Crippen LogP contribution >= 0.6 is 0 Å². The van der Waals surface area contributed by atoms with Crippen LogP contribution in [0.2, 0.25) is 0 Å². The van der Waals surface area contributed by atoms with E-state index in [2.05, 4.69) is 25.2 Å². The quantitative estimate of drug-likeness (QED) is 0.457. The van der Waals surface area contributed by atoms with Crippen LogP contribution in [0, 0.1) is 5.92 Å². The molecule has 2 heteroatoms. The highest BCUT2D eigenvalue weighted by molar-refractivity contribution is 4.85. The van der Waals surface area contributed by atoms with E-state index in [0.29, 0.717) is 19.1 Å². The Bertz CT molecular complexity index is 209. The summed E-state index contributed by atoms with van der Waals surface area (Å²) >= 11 is 0. The fourth-order valence-corrected chi connectivity index (χ4v) is 1.70. The normalized spacial score (nSPS) is 25.9. The summed E-state index contributed by atoms with van der Waals surface area (Å²) in [6, 6.07) is 0. The van der Waals surface area contributed by atoms with E-state index in [0.717, 1.165) is 12.8 Å². The van der Waals surface area contributed by atoms with Gasteiger partial charge in [-0.1, -0.05) is 31.2 Å². The van der Waals surface area contributed by atoms with E-state index in [9.17, 15) is 0 Å². The van der Waals surface area contributed by atoms with Gasteiger partial charge in [-0.2, -0.15) is 0 Å². The summed E-state index contributed by atoms with van der Waals surface area (Å²) in [5.41, 5.74) is 0. The Balaban J connectivity index is 2.24. The zero-order valence-electron chi connectivity index (χ0n) is 10.4. The zero-order chi connectivity index (χ0) is 11.5. The number of hydrogen-bond acceptors (Lipinski definition) is 2. The standard InChI is InChI=1S/C14H24O2/c1-14-10-8-6-4-2-3-5-7-9-12-15-16-13-11-14/h4,6-7,9,14H,2-3,5,8,10-13H2,1H3/t14-/m0/s1. The van der Waals surface area contributed by atoms with Gasteiger partial charge in [-0.15, -0.1) is 0 Å². The van der Waals surface area contributed by atoms with E-state index in [4.69, 9.17) is 9.78 Å². The van der Waals surface area contributed by atoms with Crippen molar-refractivity contribution >= 4 is 0 Å². The van der Waals surface area contributed by atoms with Crippen LogP contribution in [0.15, 0.2) is 24.3 Å². The van der Waals surface area contributed by atoms with Crippen LogP contribution in [-0.4, -0.2) is 13.2 Å². The molecule has 0 aliphatic carbocycles. The topological polar surface area (TPSA) is 18.5 Å². The molecule has 0 aromatic heterocycles. The largest absolute Gasteiger partial charge is 0.236 e. The molecule has 0 saturated heterocycles. The fourth-order valence-electron chi connectivity index (χ4n) is 1.70. The van der Waals surface area contributed by atoms with Gasteiger partial charge in [0.1, 0.15) is 6.61 Å². The molecular weight excluding hydrogens is 200 g/mol. The third-order valence-electron chi connectivity index (χ3n) is 2.84. The molecule has 16 heavy (non-hydrogen) atoms. The summed E-state index contributed by atoms with van der Waals surface area (Å²) in [5.74, 6) is 0.717. The van der Waals surface area contributed by atoms with Gasteiger partial charge in [-0.05, 0) is 44.4 Å². The Morgan fingerprint density at radius 1 is 0.875 bits per heavy atom. The SMILES string of the molecule is C[C@H]1CCC=CCCCC=CCOOCC1. The van der Waals surface area contributed by atoms with Gasteiger partial charge < -0.3 is 0 Å². The lowest BCUT2D eigenvalue weighted by atomic mass is 10.0. The lowest BCUT2D eigenvalue weighted by Gasteiger charge is -2.09.